The molecule has 2 aromatic rings. The van der Waals surface area contributed by atoms with Gasteiger partial charge in [-0.25, -0.2) is 4.39 Å². The lowest BCUT2D eigenvalue weighted by molar-refractivity contribution is -0.123. The van der Waals surface area contributed by atoms with Gasteiger partial charge in [0.15, 0.2) is 5.82 Å². The Morgan fingerprint density at radius 1 is 1.19 bits per heavy atom. The van der Waals surface area contributed by atoms with Gasteiger partial charge in [-0.05, 0) is 31.0 Å². The molecular weight excluding hydrogens is 339 g/mol. The number of aromatic nitrogens is 3. The second-order valence-corrected chi connectivity index (χ2v) is 6.13. The average Bonchev–Trinajstić information content (AvgIpc) is 2.89. The Kier molecular flexibility index (Phi) is 5.57. The van der Waals surface area contributed by atoms with Crippen LogP contribution in [0.1, 0.15) is 25.1 Å². The van der Waals surface area contributed by atoms with Crippen molar-refractivity contribution in [1.82, 2.24) is 20.1 Å². The van der Waals surface area contributed by atoms with Gasteiger partial charge in [-0.15, -0.1) is 10.2 Å². The van der Waals surface area contributed by atoms with E-state index >= 15 is 0 Å². The zero-order chi connectivity index (χ0) is 18.5. The summed E-state index contributed by atoms with van der Waals surface area (Å²) in [7, 11) is 0. The fraction of sp³-hybridized carbons (Fsp3) is 0.412. The zero-order valence-corrected chi connectivity index (χ0v) is 14.3. The molecule has 4 N–H and O–H groups in total. The first kappa shape index (κ1) is 18.0. The number of fused-ring (bicyclic) bond motifs is 1. The Morgan fingerprint density at radius 2 is 2.04 bits per heavy atom. The molecule has 1 aromatic heterocycles. The van der Waals surface area contributed by atoms with Crippen molar-refractivity contribution in [2.75, 3.05) is 18.4 Å². The molecule has 2 amide bonds. The lowest BCUT2D eigenvalue weighted by Crippen LogP contribution is -2.36. The summed E-state index contributed by atoms with van der Waals surface area (Å²) in [5, 5.41) is 13.3. The highest BCUT2D eigenvalue weighted by atomic mass is 19.1. The molecule has 8 nitrogen and oxygen atoms in total. The van der Waals surface area contributed by atoms with Gasteiger partial charge in [-0.3, -0.25) is 9.59 Å². The molecule has 0 unspecified atom stereocenters. The maximum Gasteiger partial charge on any atom is 0.243 e. The predicted octanol–water partition coefficient (Wildman–Crippen LogP) is 0.824. The average molecular weight is 360 g/mol. The summed E-state index contributed by atoms with van der Waals surface area (Å²) in [4.78, 5) is 23.0. The third-order valence-corrected chi connectivity index (χ3v) is 4.24. The summed E-state index contributed by atoms with van der Waals surface area (Å²) >= 11 is 0. The minimum Gasteiger partial charge on any atom is -0.346 e. The highest BCUT2D eigenvalue weighted by molar-refractivity contribution is 5.95. The number of carbonyl (C=O) groups is 2. The van der Waals surface area contributed by atoms with Crippen LogP contribution in [0, 0.1) is 5.82 Å². The van der Waals surface area contributed by atoms with E-state index in [1.807, 2.05) is 4.57 Å². The lowest BCUT2D eigenvalue weighted by Gasteiger charge is -2.11. The van der Waals surface area contributed by atoms with E-state index in [0.717, 1.165) is 38.1 Å². The standard InChI is InChI=1S/C17H21FN6O2/c18-12-6-5-11(8-13(12)21-16(26)10-20-15(25)9-19)17-23-22-14-4-2-1-3-7-24(14)17/h5-6,8H,1-4,7,9-10,19H2,(H,20,25)(H,21,26). The van der Waals surface area contributed by atoms with E-state index in [0.29, 0.717) is 11.4 Å². The van der Waals surface area contributed by atoms with Crippen LogP contribution >= 0.6 is 0 Å². The predicted molar refractivity (Wildman–Crippen MR) is 93.7 cm³/mol. The number of nitrogens with two attached hydrogens (primary N) is 1. The number of nitrogens with one attached hydrogen (secondary N) is 2. The van der Waals surface area contributed by atoms with Crippen molar-refractivity contribution in [3.63, 3.8) is 0 Å². The molecule has 9 heteroatoms. The quantitative estimate of drug-likeness (QED) is 0.730. The summed E-state index contributed by atoms with van der Waals surface area (Å²) in [6.07, 6.45) is 4.14. The number of hydrogen-bond donors (Lipinski definition) is 3. The number of amides is 2. The van der Waals surface area contributed by atoms with Crippen LogP contribution in [-0.4, -0.2) is 39.7 Å². The molecule has 0 fully saturated rings. The molecular formula is C17H21FN6O2. The third kappa shape index (κ3) is 4.05. The molecule has 2 heterocycles. The third-order valence-electron chi connectivity index (χ3n) is 4.24. The topological polar surface area (TPSA) is 115 Å². The van der Waals surface area contributed by atoms with Gasteiger partial charge < -0.3 is 20.9 Å². The van der Waals surface area contributed by atoms with Crippen molar-refractivity contribution < 1.29 is 14.0 Å². The maximum absolute atomic E-state index is 14.1. The number of aryl methyl sites for hydroxylation is 1. The Morgan fingerprint density at radius 3 is 2.85 bits per heavy atom. The van der Waals surface area contributed by atoms with Gasteiger partial charge in [0.25, 0.3) is 0 Å². The summed E-state index contributed by atoms with van der Waals surface area (Å²) < 4.78 is 16.1. The van der Waals surface area contributed by atoms with Gasteiger partial charge in [0.2, 0.25) is 11.8 Å². The van der Waals surface area contributed by atoms with E-state index < -0.39 is 17.6 Å². The molecule has 0 spiro atoms. The number of rotatable bonds is 5. The SMILES string of the molecule is NCC(=O)NCC(=O)Nc1cc(-c2nnc3n2CCCCC3)ccc1F. The molecule has 3 rings (SSSR count). The number of benzene rings is 1. The summed E-state index contributed by atoms with van der Waals surface area (Å²) in [6, 6.07) is 4.42. The van der Waals surface area contributed by atoms with Crippen LogP contribution in [0.5, 0.6) is 0 Å². The number of halogens is 1. The van der Waals surface area contributed by atoms with Crippen LogP contribution in [0.4, 0.5) is 10.1 Å². The molecule has 1 aliphatic rings. The lowest BCUT2D eigenvalue weighted by atomic mass is 10.1. The van der Waals surface area contributed by atoms with Crippen molar-refractivity contribution in [3.8, 4) is 11.4 Å². The number of anilines is 1. The van der Waals surface area contributed by atoms with Gasteiger partial charge in [-0.2, -0.15) is 0 Å². The Hall–Kier alpha value is -2.81. The molecule has 0 saturated carbocycles. The van der Waals surface area contributed by atoms with E-state index in [4.69, 9.17) is 5.73 Å². The normalized spacial score (nSPS) is 13.6. The van der Waals surface area contributed by atoms with Gasteiger partial charge >= 0.3 is 0 Å². The van der Waals surface area contributed by atoms with E-state index in [9.17, 15) is 14.0 Å². The highest BCUT2D eigenvalue weighted by Crippen LogP contribution is 2.26. The fourth-order valence-corrected chi connectivity index (χ4v) is 2.90. The van der Waals surface area contributed by atoms with Crippen LogP contribution in [-0.2, 0) is 22.6 Å². The maximum atomic E-state index is 14.1. The van der Waals surface area contributed by atoms with Crippen LogP contribution < -0.4 is 16.4 Å². The molecule has 0 saturated heterocycles. The van der Waals surface area contributed by atoms with Crippen molar-refractivity contribution in [2.24, 2.45) is 5.73 Å². The van der Waals surface area contributed by atoms with Crippen LogP contribution in [0.3, 0.4) is 0 Å². The van der Waals surface area contributed by atoms with Crippen molar-refractivity contribution in [1.29, 1.82) is 0 Å². The smallest absolute Gasteiger partial charge is 0.243 e. The Balaban J connectivity index is 1.79. The molecule has 0 aliphatic carbocycles. The van der Waals surface area contributed by atoms with Crippen molar-refractivity contribution in [3.05, 3.63) is 29.8 Å². The Bertz CT molecular complexity index is 820. The van der Waals surface area contributed by atoms with Gasteiger partial charge in [-0.1, -0.05) is 6.42 Å². The highest BCUT2D eigenvalue weighted by Gasteiger charge is 2.17. The largest absolute Gasteiger partial charge is 0.346 e. The van der Waals surface area contributed by atoms with Crippen LogP contribution in [0.15, 0.2) is 18.2 Å². The van der Waals surface area contributed by atoms with Gasteiger partial charge in [0.05, 0.1) is 18.8 Å². The zero-order valence-electron chi connectivity index (χ0n) is 14.3. The van der Waals surface area contributed by atoms with Crippen molar-refractivity contribution >= 4 is 17.5 Å². The van der Waals surface area contributed by atoms with E-state index in [1.54, 1.807) is 6.07 Å². The van der Waals surface area contributed by atoms with Gasteiger partial charge in [0, 0.05) is 18.5 Å². The molecule has 138 valence electrons. The minimum atomic E-state index is -0.567. The molecule has 1 aliphatic heterocycles. The first-order chi connectivity index (χ1) is 12.6. The molecule has 0 radical (unpaired) electrons. The second kappa shape index (κ2) is 8.05. The van der Waals surface area contributed by atoms with E-state index in [1.165, 1.54) is 12.1 Å². The van der Waals surface area contributed by atoms with E-state index in [-0.39, 0.29) is 18.8 Å². The molecule has 26 heavy (non-hydrogen) atoms. The summed E-state index contributed by atoms with van der Waals surface area (Å²) in [5.74, 6) is 0.0250. The first-order valence-electron chi connectivity index (χ1n) is 8.57. The monoisotopic (exact) mass is 360 g/mol. The van der Waals surface area contributed by atoms with Gasteiger partial charge in [0.1, 0.15) is 11.6 Å². The fourth-order valence-electron chi connectivity index (χ4n) is 2.90. The van der Waals surface area contributed by atoms with E-state index in [2.05, 4.69) is 20.8 Å². The molecule has 1 aromatic carbocycles. The number of carbonyl (C=O) groups excluding carboxylic acids is 2. The summed E-state index contributed by atoms with van der Waals surface area (Å²) in [5.41, 5.74) is 5.86. The summed E-state index contributed by atoms with van der Waals surface area (Å²) in [6.45, 7) is 0.330. The van der Waals surface area contributed by atoms with Crippen LogP contribution in [0.25, 0.3) is 11.4 Å². The minimum absolute atomic E-state index is 0.0282. The van der Waals surface area contributed by atoms with Crippen LogP contribution in [0.2, 0.25) is 0 Å². The first-order valence-corrected chi connectivity index (χ1v) is 8.57. The number of hydrogen-bond acceptors (Lipinski definition) is 5. The second-order valence-electron chi connectivity index (χ2n) is 6.13. The Labute approximate surface area is 150 Å². The van der Waals surface area contributed by atoms with Crippen molar-refractivity contribution in [2.45, 2.75) is 32.2 Å². The molecule has 0 atom stereocenters. The number of nitrogens with zero attached hydrogens (tertiary/aromatic N) is 3. The molecule has 0 bridgehead atoms.